The third-order valence-corrected chi connectivity index (χ3v) is 2.49. The lowest BCUT2D eigenvalue weighted by Crippen LogP contribution is -2.19. The molecule has 0 heterocycles. The highest BCUT2D eigenvalue weighted by Crippen LogP contribution is 2.33. The molecule has 0 aliphatic heterocycles. The minimum Gasteiger partial charge on any atom is -0.380 e. The smallest absolute Gasteiger partial charge is 0.380 e. The Morgan fingerprint density at radius 1 is 1.12 bits per heavy atom. The molecule has 0 aliphatic rings. The van der Waals surface area contributed by atoms with Crippen molar-refractivity contribution in [2.75, 3.05) is 18.5 Å². The molecule has 0 saturated heterocycles. The maximum absolute atomic E-state index is 11.7. The Morgan fingerprint density at radius 2 is 1.65 bits per heavy atom. The molecule has 0 aromatic heterocycles. The van der Waals surface area contributed by atoms with Gasteiger partial charge in [0.25, 0.3) is 0 Å². The van der Waals surface area contributed by atoms with Crippen molar-refractivity contribution in [1.82, 2.24) is 0 Å². The van der Waals surface area contributed by atoms with Crippen LogP contribution < -0.4 is 5.32 Å². The number of hydrogen-bond donors (Lipinski definition) is 1. The number of rotatable bonds is 4. The molecule has 0 radical (unpaired) electrons. The summed E-state index contributed by atoms with van der Waals surface area (Å²) >= 11 is 17.3. The maximum Gasteiger partial charge on any atom is 0.522 e. The van der Waals surface area contributed by atoms with Crippen molar-refractivity contribution in [3.8, 4) is 0 Å². The third kappa shape index (κ3) is 5.21. The Bertz CT molecular complexity index is 375. The zero-order valence-electron chi connectivity index (χ0n) is 8.24. The summed E-state index contributed by atoms with van der Waals surface area (Å²) in [6, 6.07) is 2.86. The number of ether oxygens (including phenoxy) is 1. The summed E-state index contributed by atoms with van der Waals surface area (Å²) in [4.78, 5) is 0. The van der Waals surface area contributed by atoms with E-state index in [1.165, 1.54) is 12.1 Å². The van der Waals surface area contributed by atoms with Crippen molar-refractivity contribution < 1.29 is 17.9 Å². The summed E-state index contributed by atoms with van der Waals surface area (Å²) in [5.74, 6) is 0. The first kappa shape index (κ1) is 14.7. The van der Waals surface area contributed by atoms with Gasteiger partial charge < -0.3 is 5.32 Å². The van der Waals surface area contributed by atoms with Gasteiger partial charge in [0.15, 0.2) is 0 Å². The second-order valence-electron chi connectivity index (χ2n) is 2.97. The lowest BCUT2D eigenvalue weighted by atomic mass is 10.3. The standard InChI is InChI=1S/C9H7Cl3F3NO/c10-5-3-6(11)8(7(12)4-5)16-1-2-17-9(13,14)15/h3-4,16H,1-2H2. The molecule has 96 valence electrons. The zero-order chi connectivity index (χ0) is 13.1. The SMILES string of the molecule is FC(F)(F)OCCNc1c(Cl)cc(Cl)cc1Cl. The van der Waals surface area contributed by atoms with E-state index >= 15 is 0 Å². The fourth-order valence-corrected chi connectivity index (χ4v) is 2.00. The normalized spacial score (nSPS) is 11.6. The molecule has 0 bridgehead atoms. The van der Waals surface area contributed by atoms with Gasteiger partial charge in [0.05, 0.1) is 22.3 Å². The Hall–Kier alpha value is -0.360. The number of benzene rings is 1. The molecule has 0 unspecified atom stereocenters. The van der Waals surface area contributed by atoms with Crippen LogP contribution >= 0.6 is 34.8 Å². The van der Waals surface area contributed by atoms with Crippen molar-refractivity contribution >= 4 is 40.5 Å². The topological polar surface area (TPSA) is 21.3 Å². The van der Waals surface area contributed by atoms with E-state index in [9.17, 15) is 13.2 Å². The fraction of sp³-hybridized carbons (Fsp3) is 0.333. The summed E-state index contributed by atoms with van der Waals surface area (Å²) < 4.78 is 38.6. The number of hydrogen-bond acceptors (Lipinski definition) is 2. The van der Waals surface area contributed by atoms with E-state index in [4.69, 9.17) is 34.8 Å². The summed E-state index contributed by atoms with van der Waals surface area (Å²) in [5.41, 5.74) is 0.323. The number of halogens is 6. The molecular weight excluding hydrogens is 301 g/mol. The van der Waals surface area contributed by atoms with Gasteiger partial charge in [0.1, 0.15) is 0 Å². The predicted octanol–water partition coefficient (Wildman–Crippen LogP) is 4.60. The van der Waals surface area contributed by atoms with Crippen molar-refractivity contribution in [3.05, 3.63) is 27.2 Å². The van der Waals surface area contributed by atoms with E-state index < -0.39 is 13.0 Å². The van der Waals surface area contributed by atoms with Crippen molar-refractivity contribution in [1.29, 1.82) is 0 Å². The second kappa shape index (κ2) is 6.00. The quantitative estimate of drug-likeness (QED) is 0.821. The Labute approximate surface area is 111 Å². The molecule has 1 aromatic rings. The van der Waals surface area contributed by atoms with Gasteiger partial charge in [0, 0.05) is 11.6 Å². The first-order chi connectivity index (χ1) is 7.79. The predicted molar refractivity (Wildman–Crippen MR) is 62.0 cm³/mol. The average molecular weight is 309 g/mol. The van der Waals surface area contributed by atoms with Crippen LogP contribution in [-0.4, -0.2) is 19.5 Å². The minimum atomic E-state index is -4.64. The van der Waals surface area contributed by atoms with E-state index in [0.29, 0.717) is 10.7 Å². The molecule has 0 atom stereocenters. The summed E-state index contributed by atoms with van der Waals surface area (Å²) in [5, 5.41) is 3.44. The highest BCUT2D eigenvalue weighted by atomic mass is 35.5. The first-order valence-corrected chi connectivity index (χ1v) is 5.52. The van der Waals surface area contributed by atoms with E-state index in [0.717, 1.165) is 0 Å². The molecule has 17 heavy (non-hydrogen) atoms. The zero-order valence-corrected chi connectivity index (χ0v) is 10.5. The Morgan fingerprint density at radius 3 is 2.12 bits per heavy atom. The Kier molecular flexibility index (Phi) is 5.19. The number of anilines is 1. The molecule has 0 amide bonds. The van der Waals surface area contributed by atoms with Crippen LogP contribution in [0.25, 0.3) is 0 Å². The summed E-state index contributed by atoms with van der Waals surface area (Å²) in [6.07, 6.45) is -4.64. The molecule has 8 heteroatoms. The molecular formula is C9H7Cl3F3NO. The van der Waals surface area contributed by atoms with Crippen LogP contribution in [0.15, 0.2) is 12.1 Å². The lowest BCUT2D eigenvalue weighted by Gasteiger charge is -2.12. The molecule has 1 N–H and O–H groups in total. The lowest BCUT2D eigenvalue weighted by molar-refractivity contribution is -0.322. The van der Waals surface area contributed by atoms with Crippen LogP contribution in [0.1, 0.15) is 0 Å². The van der Waals surface area contributed by atoms with Gasteiger partial charge in [-0.05, 0) is 12.1 Å². The van der Waals surface area contributed by atoms with Gasteiger partial charge >= 0.3 is 6.36 Å². The molecule has 0 fully saturated rings. The van der Waals surface area contributed by atoms with E-state index in [1.54, 1.807) is 0 Å². The van der Waals surface area contributed by atoms with E-state index in [-0.39, 0.29) is 16.6 Å². The van der Waals surface area contributed by atoms with Crippen LogP contribution in [0.2, 0.25) is 15.1 Å². The molecule has 1 aromatic carbocycles. The largest absolute Gasteiger partial charge is 0.522 e. The van der Waals surface area contributed by atoms with E-state index in [1.807, 2.05) is 0 Å². The molecule has 0 aliphatic carbocycles. The summed E-state index contributed by atoms with van der Waals surface area (Å²) in [7, 11) is 0. The van der Waals surface area contributed by atoms with E-state index in [2.05, 4.69) is 10.1 Å². The van der Waals surface area contributed by atoms with Crippen LogP contribution in [0.5, 0.6) is 0 Å². The third-order valence-electron chi connectivity index (χ3n) is 1.68. The van der Waals surface area contributed by atoms with Crippen molar-refractivity contribution in [2.45, 2.75) is 6.36 Å². The summed E-state index contributed by atoms with van der Waals surface area (Å²) in [6.45, 7) is -0.626. The Balaban J connectivity index is 2.53. The molecule has 0 saturated carbocycles. The second-order valence-corrected chi connectivity index (χ2v) is 4.22. The van der Waals surface area contributed by atoms with Crippen molar-refractivity contribution in [2.24, 2.45) is 0 Å². The van der Waals surface area contributed by atoms with Crippen molar-refractivity contribution in [3.63, 3.8) is 0 Å². The van der Waals surface area contributed by atoms with Crippen LogP contribution in [0.3, 0.4) is 0 Å². The van der Waals surface area contributed by atoms with Gasteiger partial charge in [-0.3, -0.25) is 4.74 Å². The molecule has 2 nitrogen and oxygen atoms in total. The molecule has 1 rings (SSSR count). The van der Waals surface area contributed by atoms with Crippen LogP contribution in [0, 0.1) is 0 Å². The monoisotopic (exact) mass is 307 g/mol. The number of nitrogens with one attached hydrogen (secondary N) is 1. The number of alkyl halides is 3. The maximum atomic E-state index is 11.7. The van der Waals surface area contributed by atoms with Gasteiger partial charge in [0.2, 0.25) is 0 Å². The minimum absolute atomic E-state index is 0.0828. The molecule has 0 spiro atoms. The van der Waals surface area contributed by atoms with Gasteiger partial charge in [-0.15, -0.1) is 13.2 Å². The highest BCUT2D eigenvalue weighted by molar-refractivity contribution is 6.41. The van der Waals surface area contributed by atoms with Gasteiger partial charge in [-0.25, -0.2) is 0 Å². The van der Waals surface area contributed by atoms with Crippen LogP contribution in [-0.2, 0) is 4.74 Å². The average Bonchev–Trinajstić information content (AvgIpc) is 2.13. The first-order valence-electron chi connectivity index (χ1n) is 4.38. The van der Waals surface area contributed by atoms with Gasteiger partial charge in [-0.2, -0.15) is 0 Å². The fourth-order valence-electron chi connectivity index (χ4n) is 1.05. The van der Waals surface area contributed by atoms with Gasteiger partial charge in [-0.1, -0.05) is 34.8 Å². The highest BCUT2D eigenvalue weighted by Gasteiger charge is 2.28. The van der Waals surface area contributed by atoms with Crippen LogP contribution in [0.4, 0.5) is 18.9 Å².